The summed E-state index contributed by atoms with van der Waals surface area (Å²) >= 11 is 0. The SMILES string of the molecule is Cc1ccnc(F)c1C1(C)C=CC=CN1C. The minimum atomic E-state index is -0.461. The molecule has 2 nitrogen and oxygen atoms in total. The van der Waals surface area contributed by atoms with E-state index in [0.29, 0.717) is 5.56 Å². The number of aromatic nitrogens is 1. The third kappa shape index (κ3) is 1.52. The maximum Gasteiger partial charge on any atom is 0.218 e. The van der Waals surface area contributed by atoms with Gasteiger partial charge in [0.15, 0.2) is 0 Å². The van der Waals surface area contributed by atoms with Crippen molar-refractivity contribution < 1.29 is 4.39 Å². The van der Waals surface area contributed by atoms with Gasteiger partial charge in [-0.25, -0.2) is 4.98 Å². The van der Waals surface area contributed by atoms with Crippen LogP contribution in [-0.4, -0.2) is 16.9 Å². The number of hydrogen-bond acceptors (Lipinski definition) is 2. The zero-order valence-corrected chi connectivity index (χ0v) is 9.74. The van der Waals surface area contributed by atoms with E-state index in [1.165, 1.54) is 6.20 Å². The second kappa shape index (κ2) is 3.74. The summed E-state index contributed by atoms with van der Waals surface area (Å²) in [5.74, 6) is -0.394. The molecule has 84 valence electrons. The molecule has 0 radical (unpaired) electrons. The maximum absolute atomic E-state index is 13.9. The molecule has 0 aliphatic carbocycles. The van der Waals surface area contributed by atoms with Crippen LogP contribution in [0, 0.1) is 12.9 Å². The van der Waals surface area contributed by atoms with Crippen LogP contribution in [0.15, 0.2) is 36.7 Å². The highest BCUT2D eigenvalue weighted by molar-refractivity contribution is 5.37. The molecule has 0 aromatic carbocycles. The number of hydrogen-bond donors (Lipinski definition) is 0. The zero-order valence-electron chi connectivity index (χ0n) is 9.74. The summed E-state index contributed by atoms with van der Waals surface area (Å²) in [6.07, 6.45) is 9.29. The second-order valence-electron chi connectivity index (χ2n) is 4.25. The number of likely N-dealkylation sites (N-methyl/N-ethyl adjacent to an activating group) is 1. The van der Waals surface area contributed by atoms with Crippen molar-refractivity contribution in [1.29, 1.82) is 0 Å². The molecule has 0 bridgehead atoms. The van der Waals surface area contributed by atoms with Gasteiger partial charge in [-0.05, 0) is 37.8 Å². The second-order valence-corrected chi connectivity index (χ2v) is 4.25. The summed E-state index contributed by atoms with van der Waals surface area (Å²) in [5.41, 5.74) is 1.09. The number of allylic oxidation sites excluding steroid dienone is 2. The first kappa shape index (κ1) is 10.9. The Kier molecular flexibility index (Phi) is 2.54. The van der Waals surface area contributed by atoms with Gasteiger partial charge < -0.3 is 4.90 Å². The van der Waals surface area contributed by atoms with Crippen molar-refractivity contribution in [3.05, 3.63) is 53.8 Å². The fourth-order valence-electron chi connectivity index (χ4n) is 2.09. The van der Waals surface area contributed by atoms with Gasteiger partial charge in [0.1, 0.15) is 0 Å². The maximum atomic E-state index is 13.9. The van der Waals surface area contributed by atoms with Crippen molar-refractivity contribution in [2.24, 2.45) is 0 Å². The monoisotopic (exact) mass is 218 g/mol. The molecule has 0 fully saturated rings. The molecule has 1 aromatic rings. The van der Waals surface area contributed by atoms with Gasteiger partial charge in [-0.3, -0.25) is 0 Å². The lowest BCUT2D eigenvalue weighted by molar-refractivity contribution is 0.250. The van der Waals surface area contributed by atoms with Crippen molar-refractivity contribution in [2.75, 3.05) is 7.05 Å². The van der Waals surface area contributed by atoms with Gasteiger partial charge in [0.05, 0.1) is 5.54 Å². The number of aryl methyl sites for hydroxylation is 1. The fourth-order valence-corrected chi connectivity index (χ4v) is 2.09. The first-order valence-electron chi connectivity index (χ1n) is 5.26. The average Bonchev–Trinajstić information content (AvgIpc) is 2.22. The van der Waals surface area contributed by atoms with Crippen LogP contribution in [0.4, 0.5) is 4.39 Å². The minimum Gasteiger partial charge on any atom is -0.367 e. The van der Waals surface area contributed by atoms with Gasteiger partial charge in [-0.1, -0.05) is 12.2 Å². The highest BCUT2D eigenvalue weighted by Gasteiger charge is 2.32. The minimum absolute atomic E-state index is 0.394. The molecule has 3 heteroatoms. The Morgan fingerprint density at radius 1 is 1.38 bits per heavy atom. The summed E-state index contributed by atoms with van der Waals surface area (Å²) in [5, 5.41) is 0. The van der Waals surface area contributed by atoms with Crippen LogP contribution in [0.25, 0.3) is 0 Å². The van der Waals surface area contributed by atoms with Gasteiger partial charge in [0.2, 0.25) is 5.95 Å². The van der Waals surface area contributed by atoms with Crippen molar-refractivity contribution in [1.82, 2.24) is 9.88 Å². The van der Waals surface area contributed by atoms with Crippen LogP contribution < -0.4 is 0 Å². The molecule has 0 amide bonds. The normalized spacial score (nSPS) is 23.9. The predicted molar refractivity (Wildman–Crippen MR) is 62.3 cm³/mol. The quantitative estimate of drug-likeness (QED) is 0.674. The van der Waals surface area contributed by atoms with Crippen LogP contribution >= 0.6 is 0 Å². The highest BCUT2D eigenvalue weighted by Crippen LogP contribution is 2.34. The molecular weight excluding hydrogens is 203 g/mol. The summed E-state index contributed by atoms with van der Waals surface area (Å²) in [6, 6.07) is 1.84. The van der Waals surface area contributed by atoms with E-state index < -0.39 is 11.5 Å². The molecule has 1 unspecified atom stereocenters. The molecule has 1 atom stereocenters. The van der Waals surface area contributed by atoms with Crippen molar-refractivity contribution in [2.45, 2.75) is 19.4 Å². The van der Waals surface area contributed by atoms with Gasteiger partial charge >= 0.3 is 0 Å². The van der Waals surface area contributed by atoms with Gasteiger partial charge in [-0.2, -0.15) is 4.39 Å². The highest BCUT2D eigenvalue weighted by atomic mass is 19.1. The van der Waals surface area contributed by atoms with E-state index in [4.69, 9.17) is 0 Å². The Hall–Kier alpha value is -1.64. The molecule has 0 saturated heterocycles. The predicted octanol–water partition coefficient (Wildman–Crippen LogP) is 2.76. The summed E-state index contributed by atoms with van der Waals surface area (Å²) in [7, 11) is 1.94. The van der Waals surface area contributed by atoms with Gasteiger partial charge in [-0.15, -0.1) is 0 Å². The number of nitrogens with zero attached hydrogens (tertiary/aromatic N) is 2. The molecule has 1 aliphatic rings. The van der Waals surface area contributed by atoms with Crippen LogP contribution in [0.2, 0.25) is 0 Å². The fraction of sp³-hybridized carbons (Fsp3) is 0.308. The van der Waals surface area contributed by atoms with Crippen LogP contribution in [0.3, 0.4) is 0 Å². The Morgan fingerprint density at radius 3 is 2.75 bits per heavy atom. The van der Waals surface area contributed by atoms with E-state index in [2.05, 4.69) is 4.98 Å². The van der Waals surface area contributed by atoms with E-state index in [1.807, 2.05) is 56.3 Å². The Bertz CT molecular complexity index is 445. The van der Waals surface area contributed by atoms with E-state index in [9.17, 15) is 4.39 Å². The first-order valence-corrected chi connectivity index (χ1v) is 5.26. The van der Waals surface area contributed by atoms with E-state index in [0.717, 1.165) is 5.56 Å². The van der Waals surface area contributed by atoms with Gasteiger partial charge in [0.25, 0.3) is 0 Å². The van der Waals surface area contributed by atoms with Crippen molar-refractivity contribution in [3.8, 4) is 0 Å². The van der Waals surface area contributed by atoms with Crippen LogP contribution in [-0.2, 0) is 5.54 Å². The molecule has 0 N–H and O–H groups in total. The lowest BCUT2D eigenvalue weighted by Crippen LogP contribution is -2.38. The van der Waals surface area contributed by atoms with E-state index in [-0.39, 0.29) is 0 Å². The Labute approximate surface area is 95.1 Å². The Balaban J connectivity index is 2.59. The molecule has 16 heavy (non-hydrogen) atoms. The molecule has 2 heterocycles. The largest absolute Gasteiger partial charge is 0.367 e. The number of halogens is 1. The van der Waals surface area contributed by atoms with Crippen molar-refractivity contribution >= 4 is 0 Å². The summed E-state index contributed by atoms with van der Waals surface area (Å²) in [4.78, 5) is 5.73. The van der Waals surface area contributed by atoms with Crippen LogP contribution in [0.1, 0.15) is 18.1 Å². The van der Waals surface area contributed by atoms with E-state index >= 15 is 0 Å². The topological polar surface area (TPSA) is 16.1 Å². The summed E-state index contributed by atoms with van der Waals surface area (Å²) < 4.78 is 13.9. The molecule has 0 spiro atoms. The third-order valence-corrected chi connectivity index (χ3v) is 3.19. The third-order valence-electron chi connectivity index (χ3n) is 3.19. The number of rotatable bonds is 1. The number of pyridine rings is 1. The zero-order chi connectivity index (χ0) is 11.8. The molecule has 1 aromatic heterocycles. The first-order chi connectivity index (χ1) is 7.55. The van der Waals surface area contributed by atoms with E-state index in [1.54, 1.807) is 0 Å². The lowest BCUT2D eigenvalue weighted by atomic mass is 9.87. The Morgan fingerprint density at radius 2 is 2.12 bits per heavy atom. The summed E-state index contributed by atoms with van der Waals surface area (Å²) in [6.45, 7) is 3.89. The smallest absolute Gasteiger partial charge is 0.218 e. The molecule has 2 rings (SSSR count). The lowest BCUT2D eigenvalue weighted by Gasteiger charge is -2.38. The molecule has 0 saturated carbocycles. The van der Waals surface area contributed by atoms with Crippen molar-refractivity contribution in [3.63, 3.8) is 0 Å². The average molecular weight is 218 g/mol. The van der Waals surface area contributed by atoms with Gasteiger partial charge in [0, 0.05) is 18.8 Å². The molecular formula is C13H15FN2. The standard InChI is InChI=1S/C13H15FN2/c1-10-6-8-15-12(14)11(10)13(2)7-4-5-9-16(13)3/h4-9H,1-3H3. The van der Waals surface area contributed by atoms with Crippen LogP contribution in [0.5, 0.6) is 0 Å². The molecule has 1 aliphatic heterocycles.